The number of aryl methyl sites for hydroxylation is 3. The Kier molecular flexibility index (Phi) is 11.0. The van der Waals surface area contributed by atoms with Crippen LogP contribution >= 0.6 is 0 Å². The van der Waals surface area contributed by atoms with Crippen LogP contribution in [-0.4, -0.2) is 0 Å². The van der Waals surface area contributed by atoms with Crippen molar-refractivity contribution in [1.29, 1.82) is 0 Å². The van der Waals surface area contributed by atoms with Gasteiger partial charge in [-0.1, -0.05) is 62.7 Å². The van der Waals surface area contributed by atoms with E-state index in [4.69, 9.17) is 0 Å². The summed E-state index contributed by atoms with van der Waals surface area (Å²) in [6, 6.07) is 28.0. The molecule has 0 amide bonds. The molecule has 0 radical (unpaired) electrons. The molecule has 0 atom stereocenters. The van der Waals surface area contributed by atoms with Crippen LogP contribution in [0.25, 0.3) is 21.9 Å². The number of hydrogen-bond acceptors (Lipinski definition) is 0. The van der Waals surface area contributed by atoms with Gasteiger partial charge >= 0.3 is 26.2 Å². The van der Waals surface area contributed by atoms with Crippen molar-refractivity contribution in [2.75, 3.05) is 0 Å². The molecule has 132 valence electrons. The van der Waals surface area contributed by atoms with Gasteiger partial charge in [-0.15, -0.1) is 34.5 Å². The van der Waals surface area contributed by atoms with E-state index in [2.05, 4.69) is 99.6 Å². The Hall–Kier alpha value is -1.14. The van der Waals surface area contributed by atoms with Crippen molar-refractivity contribution in [2.45, 2.75) is 20.8 Å². The Balaban J connectivity index is 0.000000542. The number of hydrogen-bond donors (Lipinski definition) is 0. The Morgan fingerprint density at radius 1 is 0.846 bits per heavy atom. The van der Waals surface area contributed by atoms with Crippen LogP contribution in [0.1, 0.15) is 16.7 Å². The van der Waals surface area contributed by atoms with Crippen LogP contribution in [0.5, 0.6) is 0 Å². The fourth-order valence-corrected chi connectivity index (χ4v) is 2.97. The molecule has 0 nitrogen and oxygen atoms in total. The van der Waals surface area contributed by atoms with Gasteiger partial charge in [0.25, 0.3) is 0 Å². The fourth-order valence-electron chi connectivity index (χ4n) is 2.97. The third-order valence-corrected chi connectivity index (χ3v) is 4.04. The van der Waals surface area contributed by atoms with Crippen LogP contribution in [0.4, 0.5) is 0 Å². The van der Waals surface area contributed by atoms with Crippen molar-refractivity contribution >= 4 is 10.8 Å². The molecule has 0 heterocycles. The maximum absolute atomic E-state index is 2.26. The summed E-state index contributed by atoms with van der Waals surface area (Å²) >= 11 is 0. The minimum Gasteiger partial charge on any atom is -1.00 e. The Labute approximate surface area is 188 Å². The van der Waals surface area contributed by atoms with Gasteiger partial charge in [0.2, 0.25) is 0 Å². The molecule has 0 unspecified atom stereocenters. The average molecular weight is 461 g/mol. The molecule has 4 aromatic carbocycles. The second-order valence-corrected chi connectivity index (χ2v) is 6.17. The molecule has 0 aliphatic heterocycles. The molecule has 0 spiro atoms. The van der Waals surface area contributed by atoms with E-state index in [1.165, 1.54) is 38.6 Å². The Morgan fingerprint density at radius 3 is 2.08 bits per heavy atom. The molecule has 0 aromatic heterocycles. The van der Waals surface area contributed by atoms with Gasteiger partial charge in [0, 0.05) is 0 Å². The molecular weight excluding hydrogens is 438 g/mol. The molecule has 0 saturated heterocycles. The van der Waals surface area contributed by atoms with Crippen LogP contribution in [-0.2, 0) is 26.2 Å². The van der Waals surface area contributed by atoms with E-state index in [-0.39, 0.29) is 51.0 Å². The largest absolute Gasteiger partial charge is 4.00 e. The summed E-state index contributed by atoms with van der Waals surface area (Å²) in [5.41, 5.74) is 6.67. The van der Waals surface area contributed by atoms with Gasteiger partial charge in [-0.2, -0.15) is 23.8 Å². The summed E-state index contributed by atoms with van der Waals surface area (Å²) in [7, 11) is 0. The topological polar surface area (TPSA) is 0 Å². The number of halogens is 2. The molecule has 0 fully saturated rings. The molecular formula is C23H22Cl2Zr. The summed E-state index contributed by atoms with van der Waals surface area (Å²) < 4.78 is 0. The van der Waals surface area contributed by atoms with E-state index in [0.717, 1.165) is 0 Å². The maximum Gasteiger partial charge on any atom is 4.00 e. The first-order valence-corrected chi connectivity index (χ1v) is 8.05. The molecule has 3 heteroatoms. The van der Waals surface area contributed by atoms with Crippen molar-refractivity contribution in [2.24, 2.45) is 0 Å². The van der Waals surface area contributed by atoms with E-state index in [1.807, 2.05) is 0 Å². The van der Waals surface area contributed by atoms with Gasteiger partial charge in [-0.05, 0) is 5.56 Å². The third-order valence-electron chi connectivity index (χ3n) is 4.04. The van der Waals surface area contributed by atoms with E-state index in [1.54, 1.807) is 0 Å². The van der Waals surface area contributed by atoms with Crippen molar-refractivity contribution in [3.05, 3.63) is 95.6 Å². The second kappa shape index (κ2) is 11.5. The van der Waals surface area contributed by atoms with Crippen molar-refractivity contribution < 1.29 is 51.0 Å². The smallest absolute Gasteiger partial charge is 1.00 e. The predicted octanol–water partition coefficient (Wildman–Crippen LogP) is 0.562. The predicted molar refractivity (Wildman–Crippen MR) is 101 cm³/mol. The quantitative estimate of drug-likeness (QED) is 0.365. The van der Waals surface area contributed by atoms with E-state index >= 15 is 0 Å². The molecule has 4 rings (SSSR count). The molecule has 0 aliphatic carbocycles. The standard InChI is InChI=1S/C16H13.C7H9.2ClH.Zr/c1-12-10-14-8-5-9-15(16(14)11-12)13-6-3-2-4-7-13;1-6-3-4-7(2)5-6;;;/h2-11H,1H3;3-5H,1-2H3;2*1H;/q2*-1;;;+4/p-2. The summed E-state index contributed by atoms with van der Waals surface area (Å²) in [6.45, 7) is 6.36. The molecule has 0 saturated carbocycles. The fraction of sp³-hybridized carbons (Fsp3) is 0.130. The van der Waals surface area contributed by atoms with Gasteiger partial charge in [0.05, 0.1) is 0 Å². The van der Waals surface area contributed by atoms with Gasteiger partial charge in [-0.25, -0.2) is 11.6 Å². The van der Waals surface area contributed by atoms with Crippen LogP contribution in [0.15, 0.2) is 78.9 Å². The maximum atomic E-state index is 2.26. The van der Waals surface area contributed by atoms with Crippen LogP contribution in [0, 0.1) is 20.8 Å². The summed E-state index contributed by atoms with van der Waals surface area (Å²) in [5, 5.41) is 2.69. The summed E-state index contributed by atoms with van der Waals surface area (Å²) in [6.07, 6.45) is 0. The molecule has 26 heavy (non-hydrogen) atoms. The molecule has 0 bridgehead atoms. The van der Waals surface area contributed by atoms with E-state index in [9.17, 15) is 0 Å². The van der Waals surface area contributed by atoms with Crippen LogP contribution in [0.2, 0.25) is 0 Å². The summed E-state index contributed by atoms with van der Waals surface area (Å²) in [4.78, 5) is 0. The first-order chi connectivity index (χ1) is 11.1. The third kappa shape index (κ3) is 6.24. The second-order valence-electron chi connectivity index (χ2n) is 6.17. The minimum atomic E-state index is 0. The van der Waals surface area contributed by atoms with Gasteiger partial charge in [-0.3, -0.25) is 0 Å². The van der Waals surface area contributed by atoms with Crippen LogP contribution < -0.4 is 24.8 Å². The van der Waals surface area contributed by atoms with Gasteiger partial charge < -0.3 is 24.8 Å². The Morgan fingerprint density at radius 2 is 1.54 bits per heavy atom. The zero-order valence-corrected chi connectivity index (χ0v) is 19.2. The van der Waals surface area contributed by atoms with E-state index < -0.39 is 0 Å². The normalized spacial score (nSPS) is 9.19. The summed E-state index contributed by atoms with van der Waals surface area (Å²) in [5.74, 6) is 0. The first kappa shape index (κ1) is 24.9. The van der Waals surface area contributed by atoms with Gasteiger partial charge in [0.1, 0.15) is 0 Å². The average Bonchev–Trinajstić information content (AvgIpc) is 3.12. The van der Waals surface area contributed by atoms with E-state index in [0.29, 0.717) is 0 Å². The Bertz CT molecular complexity index is 888. The number of fused-ring (bicyclic) bond motifs is 1. The van der Waals surface area contributed by atoms with Gasteiger partial charge in [0.15, 0.2) is 0 Å². The number of benzene rings is 2. The number of rotatable bonds is 1. The SMILES string of the molecule is Cc1cc2c(-c3ccccc3)cccc2[cH-]1.Cc1cc[c-](C)c1.[Cl-].[Cl-].[Zr+4]. The first-order valence-electron chi connectivity index (χ1n) is 8.05. The van der Waals surface area contributed by atoms with Crippen molar-refractivity contribution in [3.63, 3.8) is 0 Å². The molecule has 4 aromatic rings. The van der Waals surface area contributed by atoms with Crippen molar-refractivity contribution in [1.82, 2.24) is 0 Å². The monoisotopic (exact) mass is 458 g/mol. The zero-order valence-electron chi connectivity index (χ0n) is 15.3. The van der Waals surface area contributed by atoms with Crippen LogP contribution in [0.3, 0.4) is 0 Å². The minimum absolute atomic E-state index is 0. The van der Waals surface area contributed by atoms with Crippen molar-refractivity contribution in [3.8, 4) is 11.1 Å². The molecule has 0 N–H and O–H groups in total. The molecule has 0 aliphatic rings. The zero-order chi connectivity index (χ0) is 16.2.